The second-order valence-electron chi connectivity index (χ2n) is 22.4. The fourth-order valence-electron chi connectivity index (χ4n) is 9.35. The minimum Gasteiger partial charge on any atom is -0.756 e. The molecule has 416 valence electrons. The van der Waals surface area contributed by atoms with Crippen molar-refractivity contribution in [1.29, 1.82) is 0 Å². The van der Waals surface area contributed by atoms with Crippen molar-refractivity contribution in [1.82, 2.24) is 5.32 Å². The quantitative estimate of drug-likeness (QED) is 0.0272. The van der Waals surface area contributed by atoms with Gasteiger partial charge in [-0.3, -0.25) is 9.36 Å². The summed E-state index contributed by atoms with van der Waals surface area (Å²) in [4.78, 5) is 25.5. The van der Waals surface area contributed by atoms with Gasteiger partial charge in [0.15, 0.2) is 0 Å². The van der Waals surface area contributed by atoms with E-state index in [1.54, 1.807) is 6.08 Å². The van der Waals surface area contributed by atoms with Crippen LogP contribution in [0.1, 0.15) is 309 Å². The van der Waals surface area contributed by atoms with Crippen LogP contribution in [-0.2, 0) is 18.4 Å². The number of carbonyl (C=O) groups is 1. The topological polar surface area (TPSA) is 108 Å². The first-order chi connectivity index (χ1) is 34.0. The maximum absolute atomic E-state index is 13.0. The highest BCUT2D eigenvalue weighted by Crippen LogP contribution is 2.38. The zero-order valence-electron chi connectivity index (χ0n) is 47.5. The van der Waals surface area contributed by atoms with Crippen LogP contribution in [0.4, 0.5) is 0 Å². The highest BCUT2D eigenvalue weighted by atomic mass is 31.2. The lowest BCUT2D eigenvalue weighted by Crippen LogP contribution is -2.45. The first-order valence-electron chi connectivity index (χ1n) is 30.7. The van der Waals surface area contributed by atoms with Crippen LogP contribution in [-0.4, -0.2) is 68.5 Å². The number of unbranched alkanes of at least 4 members (excludes halogenated alkanes) is 42. The minimum atomic E-state index is -4.60. The van der Waals surface area contributed by atoms with Gasteiger partial charge < -0.3 is 28.8 Å². The number of hydrogen-bond donors (Lipinski definition) is 2. The van der Waals surface area contributed by atoms with Crippen molar-refractivity contribution in [2.24, 2.45) is 0 Å². The van der Waals surface area contributed by atoms with Gasteiger partial charge in [0.05, 0.1) is 39.9 Å². The van der Waals surface area contributed by atoms with E-state index in [0.29, 0.717) is 17.4 Å². The Balaban J connectivity index is 4.03. The van der Waals surface area contributed by atoms with Crippen LogP contribution in [0.2, 0.25) is 0 Å². The molecule has 0 spiro atoms. The van der Waals surface area contributed by atoms with Crippen molar-refractivity contribution in [2.75, 3.05) is 40.9 Å². The molecular weight excluding hydrogens is 888 g/mol. The Kier molecular flexibility index (Phi) is 52.1. The molecule has 9 heteroatoms. The van der Waals surface area contributed by atoms with Gasteiger partial charge in [-0.05, 0) is 32.1 Å². The molecule has 2 N–H and O–H groups in total. The van der Waals surface area contributed by atoms with E-state index in [4.69, 9.17) is 9.05 Å². The fourth-order valence-corrected chi connectivity index (χ4v) is 10.1. The van der Waals surface area contributed by atoms with Crippen LogP contribution in [0.3, 0.4) is 0 Å². The zero-order valence-corrected chi connectivity index (χ0v) is 48.4. The van der Waals surface area contributed by atoms with Crippen LogP contribution in [0.15, 0.2) is 24.3 Å². The maximum atomic E-state index is 13.0. The van der Waals surface area contributed by atoms with Crippen molar-refractivity contribution >= 4 is 13.7 Å². The summed E-state index contributed by atoms with van der Waals surface area (Å²) in [5.74, 6) is -0.201. The molecule has 0 saturated carbocycles. The number of allylic oxidation sites excluding steroid dienone is 3. The number of rotatable bonds is 57. The number of quaternary nitrogens is 1. The van der Waals surface area contributed by atoms with Gasteiger partial charge in [0.1, 0.15) is 13.2 Å². The predicted octanol–water partition coefficient (Wildman–Crippen LogP) is 18.1. The van der Waals surface area contributed by atoms with Gasteiger partial charge in [0.25, 0.3) is 7.82 Å². The van der Waals surface area contributed by atoms with E-state index in [1.165, 1.54) is 250 Å². The molecule has 0 saturated heterocycles. The van der Waals surface area contributed by atoms with E-state index in [-0.39, 0.29) is 19.1 Å². The summed E-state index contributed by atoms with van der Waals surface area (Å²) in [6.45, 7) is 4.67. The molecule has 0 aliphatic heterocycles. The molecule has 8 nitrogen and oxygen atoms in total. The number of aliphatic hydroxyl groups excluding tert-OH is 1. The Hall–Kier alpha value is -1.02. The Morgan fingerprint density at radius 1 is 0.486 bits per heavy atom. The number of nitrogens with one attached hydrogen (secondary N) is 1. The number of phosphoric ester groups is 1. The third kappa shape index (κ3) is 54.7. The lowest BCUT2D eigenvalue weighted by atomic mass is 10.0. The molecule has 0 bridgehead atoms. The van der Waals surface area contributed by atoms with Gasteiger partial charge in [-0.2, -0.15) is 0 Å². The normalized spacial score (nSPS) is 14.0. The summed E-state index contributed by atoms with van der Waals surface area (Å²) >= 11 is 0. The van der Waals surface area contributed by atoms with Gasteiger partial charge in [-0.25, -0.2) is 0 Å². The van der Waals surface area contributed by atoms with Crippen LogP contribution >= 0.6 is 7.82 Å². The number of amides is 1. The van der Waals surface area contributed by atoms with Crippen LogP contribution in [0, 0.1) is 0 Å². The molecule has 3 unspecified atom stereocenters. The predicted molar refractivity (Wildman–Crippen MR) is 302 cm³/mol. The van der Waals surface area contributed by atoms with E-state index in [2.05, 4.69) is 31.3 Å². The number of aliphatic hydroxyl groups is 1. The largest absolute Gasteiger partial charge is 0.756 e. The van der Waals surface area contributed by atoms with Crippen molar-refractivity contribution in [3.05, 3.63) is 24.3 Å². The van der Waals surface area contributed by atoms with Crippen molar-refractivity contribution < 1.29 is 32.9 Å². The third-order valence-corrected chi connectivity index (χ3v) is 15.1. The van der Waals surface area contributed by atoms with E-state index in [1.807, 2.05) is 27.2 Å². The molecule has 0 aromatic heterocycles. The molecule has 0 aliphatic rings. The molecule has 0 aromatic rings. The fraction of sp³-hybridized carbons (Fsp3) is 0.918. The summed E-state index contributed by atoms with van der Waals surface area (Å²) in [6.07, 6.45) is 67.1. The smallest absolute Gasteiger partial charge is 0.268 e. The summed E-state index contributed by atoms with van der Waals surface area (Å²) in [5.41, 5.74) is 0. The monoisotopic (exact) mass is 1010 g/mol. The Labute approximate surface area is 436 Å². The number of nitrogens with zero attached hydrogens (tertiary/aromatic N) is 1. The van der Waals surface area contributed by atoms with Crippen LogP contribution in [0.25, 0.3) is 0 Å². The van der Waals surface area contributed by atoms with Crippen LogP contribution in [0.5, 0.6) is 0 Å². The summed E-state index contributed by atoms with van der Waals surface area (Å²) in [6, 6.07) is -0.900. The highest BCUT2D eigenvalue weighted by Gasteiger charge is 2.23. The van der Waals surface area contributed by atoms with E-state index < -0.39 is 20.0 Å². The maximum Gasteiger partial charge on any atom is 0.268 e. The molecule has 0 fully saturated rings. The molecule has 0 heterocycles. The van der Waals surface area contributed by atoms with Crippen LogP contribution < -0.4 is 10.2 Å². The number of carbonyl (C=O) groups excluding carboxylic acids is 1. The number of likely N-dealkylation sites (N-methyl/N-ethyl adjacent to an activating group) is 1. The van der Waals surface area contributed by atoms with Crippen molar-refractivity contribution in [2.45, 2.75) is 321 Å². The molecule has 3 atom stereocenters. The van der Waals surface area contributed by atoms with Gasteiger partial charge in [-0.15, -0.1) is 0 Å². The Morgan fingerprint density at radius 3 is 1.16 bits per heavy atom. The molecule has 0 aromatic carbocycles. The van der Waals surface area contributed by atoms with Gasteiger partial charge in [0.2, 0.25) is 5.91 Å². The van der Waals surface area contributed by atoms with Gasteiger partial charge >= 0.3 is 0 Å². The van der Waals surface area contributed by atoms with Gasteiger partial charge in [0, 0.05) is 6.42 Å². The highest BCUT2D eigenvalue weighted by molar-refractivity contribution is 7.45. The molecular formula is C61H121N2O6P. The SMILES string of the molecule is CCCCCCCCCCCC/C=C/CC/C=C/C(O)C(COP(=O)([O-])OCC[N+](C)(C)C)NC(=O)CCCCCCCCCCCCCCCCCCCCCCCCCCCCCCCCCC. The summed E-state index contributed by atoms with van der Waals surface area (Å²) in [5, 5.41) is 13.9. The van der Waals surface area contributed by atoms with E-state index in [9.17, 15) is 19.4 Å². The number of hydrogen-bond acceptors (Lipinski definition) is 6. The minimum absolute atomic E-state index is 0.00378. The number of phosphoric acid groups is 1. The molecule has 0 radical (unpaired) electrons. The molecule has 0 rings (SSSR count). The molecule has 70 heavy (non-hydrogen) atoms. The molecule has 1 amide bonds. The van der Waals surface area contributed by atoms with E-state index >= 15 is 0 Å². The standard InChI is InChI=1S/C61H121N2O6P/c1-6-8-10-12-14-16-18-20-22-24-25-26-27-28-29-30-31-32-33-34-35-36-37-38-39-41-43-45-47-49-51-53-55-61(65)62-59(58-69-70(66,67)68-57-56-63(3,4)5)60(64)54-52-50-48-46-44-42-40-23-21-19-17-15-13-11-9-7-2/h44,46,52,54,59-60,64H,6-43,45,47-51,53,55-58H2,1-5H3,(H-,62,65,66,67)/b46-44+,54-52+. The lowest BCUT2D eigenvalue weighted by molar-refractivity contribution is -0.870. The van der Waals surface area contributed by atoms with E-state index in [0.717, 1.165) is 38.5 Å². The average Bonchev–Trinajstić information content (AvgIpc) is 3.32. The van der Waals surface area contributed by atoms with Crippen molar-refractivity contribution in [3.63, 3.8) is 0 Å². The zero-order chi connectivity index (χ0) is 51.3. The summed E-state index contributed by atoms with van der Waals surface area (Å²) in [7, 11) is 1.26. The first-order valence-corrected chi connectivity index (χ1v) is 32.2. The summed E-state index contributed by atoms with van der Waals surface area (Å²) < 4.78 is 23.3. The Bertz CT molecular complexity index is 1190. The van der Waals surface area contributed by atoms with Crippen molar-refractivity contribution in [3.8, 4) is 0 Å². The van der Waals surface area contributed by atoms with Gasteiger partial charge in [-0.1, -0.05) is 295 Å². The Morgan fingerprint density at radius 2 is 0.800 bits per heavy atom. The lowest BCUT2D eigenvalue weighted by Gasteiger charge is -2.29. The first kappa shape index (κ1) is 69.0. The second-order valence-corrected chi connectivity index (χ2v) is 23.8. The second kappa shape index (κ2) is 52.8. The molecule has 0 aliphatic carbocycles. The average molecular weight is 1010 g/mol. The third-order valence-electron chi connectivity index (χ3n) is 14.2.